The van der Waals surface area contributed by atoms with Crippen LogP contribution in [-0.4, -0.2) is 25.9 Å². The summed E-state index contributed by atoms with van der Waals surface area (Å²) in [6, 6.07) is 2.06. The van der Waals surface area contributed by atoms with Gasteiger partial charge >= 0.3 is 0 Å². The molecule has 0 saturated carbocycles. The minimum Gasteiger partial charge on any atom is -0.383 e. The van der Waals surface area contributed by atoms with Crippen LogP contribution >= 0.6 is 0 Å². The Hall–Kier alpha value is -2.43. The first kappa shape index (κ1) is 11.6. The summed E-state index contributed by atoms with van der Waals surface area (Å²) >= 11 is 0. The number of aryl methyl sites for hydroxylation is 1. The maximum Gasteiger partial charge on any atom is 0.177 e. The topological polar surface area (TPSA) is 110 Å². The highest BCUT2D eigenvalue weighted by molar-refractivity contribution is 5.92. The quantitative estimate of drug-likeness (QED) is 0.724. The highest BCUT2D eigenvalue weighted by Crippen LogP contribution is 2.30. The van der Waals surface area contributed by atoms with E-state index >= 15 is 0 Å². The number of aromatic nitrogens is 3. The molecule has 0 saturated heterocycles. The van der Waals surface area contributed by atoms with E-state index in [0.29, 0.717) is 22.4 Å². The molecule has 96 valence electrons. The van der Waals surface area contributed by atoms with Crippen LogP contribution in [0.5, 0.6) is 0 Å². The van der Waals surface area contributed by atoms with Crippen LogP contribution in [0.15, 0.2) is 18.3 Å². The van der Waals surface area contributed by atoms with Gasteiger partial charge in [0.05, 0.1) is 10.9 Å². The van der Waals surface area contributed by atoms with Crippen molar-refractivity contribution in [2.24, 2.45) is 0 Å². The molecule has 2 aromatic rings. The summed E-state index contributed by atoms with van der Waals surface area (Å²) in [7, 11) is 0. The van der Waals surface area contributed by atoms with Gasteiger partial charge in [0.25, 0.3) is 0 Å². The van der Waals surface area contributed by atoms with E-state index in [1.165, 1.54) is 6.08 Å². The maximum absolute atomic E-state index is 9.36. The van der Waals surface area contributed by atoms with Gasteiger partial charge in [-0.3, -0.25) is 0 Å². The predicted molar refractivity (Wildman–Crippen MR) is 66.7 cm³/mol. The molecule has 0 aromatic carbocycles. The van der Waals surface area contributed by atoms with E-state index in [0.717, 1.165) is 0 Å². The Morgan fingerprint density at radius 1 is 1.47 bits per heavy atom. The lowest BCUT2D eigenvalue weighted by atomic mass is 10.2. The van der Waals surface area contributed by atoms with Crippen molar-refractivity contribution in [3.8, 4) is 6.07 Å². The molecule has 0 fully saturated rings. The van der Waals surface area contributed by atoms with Gasteiger partial charge < -0.3 is 20.1 Å². The number of nitrogen functional groups attached to an aromatic ring is 1. The number of fused-ring (bicyclic) bond motifs is 1. The molecule has 0 spiro atoms. The first-order valence-electron chi connectivity index (χ1n) is 5.66. The molecule has 2 aromatic heterocycles. The number of ether oxygens (including phenoxy) is 1. The van der Waals surface area contributed by atoms with Crippen LogP contribution in [0.3, 0.4) is 0 Å². The molecule has 0 unspecified atom stereocenters. The summed E-state index contributed by atoms with van der Waals surface area (Å²) in [5.41, 5.74) is 6.75. The number of rotatable bonds is 1. The molecule has 0 bridgehead atoms. The fourth-order valence-corrected chi connectivity index (χ4v) is 2.15. The average Bonchev–Trinajstić information content (AvgIpc) is 2.92. The maximum atomic E-state index is 9.36. The third kappa shape index (κ3) is 1.74. The summed E-state index contributed by atoms with van der Waals surface area (Å²) in [4.78, 5) is 8.36. The van der Waals surface area contributed by atoms with Crippen molar-refractivity contribution >= 4 is 16.9 Å². The summed E-state index contributed by atoms with van der Waals surface area (Å²) in [6.45, 7) is 1.72. The van der Waals surface area contributed by atoms with Crippen LogP contribution in [0.2, 0.25) is 0 Å². The molecule has 2 atom stereocenters. The summed E-state index contributed by atoms with van der Waals surface area (Å²) < 4.78 is 6.95. The van der Waals surface area contributed by atoms with Gasteiger partial charge in [-0.1, -0.05) is 0 Å². The largest absolute Gasteiger partial charge is 0.383 e. The lowest BCUT2D eigenvalue weighted by Crippen LogP contribution is -2.11. The standard InChI is InChI=1S/C12H11N5O2/c1-6-15-11(14)10-7(4-13)5-17(12(10)16-6)8-2-3-9(18)19-8/h2-3,5,8-9,18H,1H3,(H2,14,15,16)/t8-,9+/m1/s1. The molecule has 1 aliphatic rings. The highest BCUT2D eigenvalue weighted by atomic mass is 16.6. The molecule has 0 radical (unpaired) electrons. The molecule has 0 aliphatic carbocycles. The monoisotopic (exact) mass is 257 g/mol. The van der Waals surface area contributed by atoms with Crippen LogP contribution in [0.1, 0.15) is 17.6 Å². The number of aliphatic hydroxyl groups excluding tert-OH is 1. The van der Waals surface area contributed by atoms with Gasteiger partial charge in [-0.15, -0.1) is 0 Å². The first-order chi connectivity index (χ1) is 9.10. The second-order valence-electron chi connectivity index (χ2n) is 4.22. The van der Waals surface area contributed by atoms with Crippen LogP contribution in [0.4, 0.5) is 5.82 Å². The number of nitriles is 1. The number of nitrogens with zero attached hydrogens (tertiary/aromatic N) is 4. The zero-order valence-corrected chi connectivity index (χ0v) is 10.1. The van der Waals surface area contributed by atoms with Gasteiger partial charge in [-0.25, -0.2) is 9.97 Å². The molecule has 7 nitrogen and oxygen atoms in total. The van der Waals surface area contributed by atoms with E-state index in [9.17, 15) is 5.11 Å². The second-order valence-corrected chi connectivity index (χ2v) is 4.22. The lowest BCUT2D eigenvalue weighted by molar-refractivity contribution is -0.0958. The molecule has 7 heteroatoms. The van der Waals surface area contributed by atoms with Gasteiger partial charge in [-0.05, 0) is 19.1 Å². The Balaban J connectivity index is 2.26. The third-order valence-corrected chi connectivity index (χ3v) is 2.93. The Labute approximate surface area is 108 Å². The van der Waals surface area contributed by atoms with Crippen molar-refractivity contribution in [1.29, 1.82) is 5.26 Å². The van der Waals surface area contributed by atoms with E-state index in [1.54, 1.807) is 23.8 Å². The van der Waals surface area contributed by atoms with Gasteiger partial charge in [0, 0.05) is 6.20 Å². The van der Waals surface area contributed by atoms with Gasteiger partial charge in [0.15, 0.2) is 12.5 Å². The summed E-state index contributed by atoms with van der Waals surface area (Å²) in [5, 5.41) is 19.0. The minimum absolute atomic E-state index is 0.264. The highest BCUT2D eigenvalue weighted by Gasteiger charge is 2.23. The second kappa shape index (κ2) is 4.05. The van der Waals surface area contributed by atoms with E-state index in [-0.39, 0.29) is 5.82 Å². The van der Waals surface area contributed by atoms with Crippen molar-refractivity contribution < 1.29 is 9.84 Å². The normalized spacial score (nSPS) is 21.9. The van der Waals surface area contributed by atoms with Gasteiger partial charge in [-0.2, -0.15) is 5.26 Å². The van der Waals surface area contributed by atoms with Crippen LogP contribution in [-0.2, 0) is 4.74 Å². The van der Waals surface area contributed by atoms with Crippen LogP contribution in [0.25, 0.3) is 11.0 Å². The summed E-state index contributed by atoms with van der Waals surface area (Å²) in [6.07, 6.45) is 3.36. The molecule has 3 N–H and O–H groups in total. The summed E-state index contributed by atoms with van der Waals surface area (Å²) in [5.74, 6) is 0.775. The zero-order valence-electron chi connectivity index (χ0n) is 10.1. The Bertz CT molecular complexity index is 728. The third-order valence-electron chi connectivity index (χ3n) is 2.93. The Kier molecular flexibility index (Phi) is 2.48. The molecule has 3 rings (SSSR count). The zero-order chi connectivity index (χ0) is 13.6. The van der Waals surface area contributed by atoms with Crippen molar-refractivity contribution in [1.82, 2.24) is 14.5 Å². The number of hydrogen-bond acceptors (Lipinski definition) is 6. The Morgan fingerprint density at radius 3 is 2.89 bits per heavy atom. The van der Waals surface area contributed by atoms with E-state index in [1.807, 2.05) is 0 Å². The van der Waals surface area contributed by atoms with Crippen molar-refractivity contribution in [3.05, 3.63) is 29.7 Å². The van der Waals surface area contributed by atoms with Crippen LogP contribution < -0.4 is 5.73 Å². The molecule has 19 heavy (non-hydrogen) atoms. The average molecular weight is 257 g/mol. The smallest absolute Gasteiger partial charge is 0.177 e. The molecule has 1 aliphatic heterocycles. The predicted octanol–water partition coefficient (Wildman–Crippen LogP) is 0.597. The molecule has 0 amide bonds. The van der Waals surface area contributed by atoms with E-state index < -0.39 is 12.5 Å². The number of anilines is 1. The number of nitrogens with two attached hydrogens (primary N) is 1. The molecular formula is C12H11N5O2. The van der Waals surface area contributed by atoms with E-state index in [4.69, 9.17) is 15.7 Å². The fraction of sp³-hybridized carbons (Fsp3) is 0.250. The Morgan fingerprint density at radius 2 is 2.26 bits per heavy atom. The lowest BCUT2D eigenvalue weighted by Gasteiger charge is -2.13. The number of aliphatic hydroxyl groups is 1. The molecular weight excluding hydrogens is 246 g/mol. The van der Waals surface area contributed by atoms with E-state index in [2.05, 4.69) is 16.0 Å². The first-order valence-corrected chi connectivity index (χ1v) is 5.66. The van der Waals surface area contributed by atoms with Crippen molar-refractivity contribution in [3.63, 3.8) is 0 Å². The van der Waals surface area contributed by atoms with Crippen LogP contribution in [0, 0.1) is 18.3 Å². The number of hydrogen-bond donors (Lipinski definition) is 2. The van der Waals surface area contributed by atoms with Gasteiger partial charge in [0.1, 0.15) is 23.4 Å². The fourth-order valence-electron chi connectivity index (χ4n) is 2.15. The minimum atomic E-state index is -0.951. The molecule has 3 heterocycles. The SMILES string of the molecule is Cc1nc(N)c2c(C#N)cn([C@H]3C=C[C@@H](O)O3)c2n1. The van der Waals surface area contributed by atoms with Crippen molar-refractivity contribution in [2.75, 3.05) is 5.73 Å². The van der Waals surface area contributed by atoms with Gasteiger partial charge in [0.2, 0.25) is 0 Å². The van der Waals surface area contributed by atoms with Crippen molar-refractivity contribution in [2.45, 2.75) is 19.4 Å².